The molecule has 0 fully saturated rings. The number of benzene rings is 1. The Morgan fingerprint density at radius 2 is 2.12 bits per heavy atom. The molecule has 130 valence electrons. The van der Waals surface area contributed by atoms with Crippen molar-refractivity contribution in [1.82, 2.24) is 15.1 Å². The van der Waals surface area contributed by atoms with Crippen LogP contribution in [0.3, 0.4) is 0 Å². The average molecular weight is 329 g/mol. The molecule has 2 aromatic rings. The van der Waals surface area contributed by atoms with Crippen LogP contribution >= 0.6 is 0 Å². The summed E-state index contributed by atoms with van der Waals surface area (Å²) in [6, 6.07) is 4.26. The van der Waals surface area contributed by atoms with Gasteiger partial charge in [-0.15, -0.1) is 0 Å². The van der Waals surface area contributed by atoms with E-state index in [1.807, 2.05) is 18.7 Å². The van der Waals surface area contributed by atoms with Crippen molar-refractivity contribution in [3.05, 3.63) is 40.2 Å². The second-order valence-corrected chi connectivity index (χ2v) is 6.51. The van der Waals surface area contributed by atoms with Crippen LogP contribution in [0.5, 0.6) is 11.5 Å². The lowest BCUT2D eigenvalue weighted by atomic mass is 10.1. The normalized spacial score (nSPS) is 16.1. The fourth-order valence-electron chi connectivity index (χ4n) is 3.30. The van der Waals surface area contributed by atoms with Crippen molar-refractivity contribution >= 4 is 0 Å². The fourth-order valence-corrected chi connectivity index (χ4v) is 3.30. The predicted molar refractivity (Wildman–Crippen MR) is 94.6 cm³/mol. The van der Waals surface area contributed by atoms with Crippen molar-refractivity contribution in [2.75, 3.05) is 6.61 Å². The second-order valence-electron chi connectivity index (χ2n) is 6.51. The Bertz CT molecular complexity index is 737. The third-order valence-electron chi connectivity index (χ3n) is 4.66. The molecular formula is C19H27N3O2. The highest BCUT2D eigenvalue weighted by molar-refractivity contribution is 5.48. The van der Waals surface area contributed by atoms with E-state index >= 15 is 0 Å². The summed E-state index contributed by atoms with van der Waals surface area (Å²) in [5, 5.41) is 8.00. The summed E-state index contributed by atoms with van der Waals surface area (Å²) in [6.45, 7) is 10.5. The standard InChI is InChI=1S/C19H27N3O2/c1-6-23-18-8-15-7-12(2)24-19(15)9-16(18)10-20-11-17-13(3)21-22(5)14(17)4/h8-9,12,20H,6-7,10-11H2,1-5H3. The van der Waals surface area contributed by atoms with Crippen molar-refractivity contribution in [2.45, 2.75) is 53.3 Å². The predicted octanol–water partition coefficient (Wildman–Crippen LogP) is 3.05. The molecule has 0 saturated heterocycles. The fraction of sp³-hybridized carbons (Fsp3) is 0.526. The first-order valence-corrected chi connectivity index (χ1v) is 8.64. The molecule has 0 saturated carbocycles. The first-order chi connectivity index (χ1) is 11.5. The van der Waals surface area contributed by atoms with Crippen LogP contribution in [0.2, 0.25) is 0 Å². The molecule has 0 radical (unpaired) electrons. The largest absolute Gasteiger partial charge is 0.494 e. The number of nitrogens with one attached hydrogen (secondary N) is 1. The van der Waals surface area contributed by atoms with Crippen molar-refractivity contribution in [3.63, 3.8) is 0 Å². The van der Waals surface area contributed by atoms with Crippen molar-refractivity contribution in [3.8, 4) is 11.5 Å². The van der Waals surface area contributed by atoms with E-state index in [1.54, 1.807) is 0 Å². The number of aryl methyl sites for hydroxylation is 2. The zero-order valence-corrected chi connectivity index (χ0v) is 15.3. The number of fused-ring (bicyclic) bond motifs is 1. The van der Waals surface area contributed by atoms with Crippen molar-refractivity contribution in [2.24, 2.45) is 7.05 Å². The van der Waals surface area contributed by atoms with Gasteiger partial charge in [0.25, 0.3) is 0 Å². The maximum Gasteiger partial charge on any atom is 0.124 e. The zero-order valence-electron chi connectivity index (χ0n) is 15.3. The average Bonchev–Trinajstić information content (AvgIpc) is 3.00. The molecule has 0 spiro atoms. The number of hydrogen-bond donors (Lipinski definition) is 1. The van der Waals surface area contributed by atoms with Gasteiger partial charge >= 0.3 is 0 Å². The van der Waals surface area contributed by atoms with Crippen LogP contribution in [-0.2, 0) is 26.6 Å². The van der Waals surface area contributed by atoms with Gasteiger partial charge in [0.2, 0.25) is 0 Å². The number of hydrogen-bond acceptors (Lipinski definition) is 4. The third kappa shape index (κ3) is 3.26. The number of ether oxygens (including phenoxy) is 2. The van der Waals surface area contributed by atoms with Crippen LogP contribution in [0.25, 0.3) is 0 Å². The summed E-state index contributed by atoms with van der Waals surface area (Å²) in [7, 11) is 1.98. The van der Waals surface area contributed by atoms with E-state index in [0.717, 1.165) is 42.3 Å². The third-order valence-corrected chi connectivity index (χ3v) is 4.66. The summed E-state index contributed by atoms with van der Waals surface area (Å²) in [6.07, 6.45) is 1.20. The van der Waals surface area contributed by atoms with E-state index in [9.17, 15) is 0 Å². The molecule has 5 heteroatoms. The van der Waals surface area contributed by atoms with Crippen LogP contribution in [0, 0.1) is 13.8 Å². The Kier molecular flexibility index (Phi) is 4.81. The molecule has 2 heterocycles. The number of rotatable bonds is 6. The van der Waals surface area contributed by atoms with Gasteiger partial charge in [-0.2, -0.15) is 5.10 Å². The highest BCUT2D eigenvalue weighted by atomic mass is 16.5. The molecular weight excluding hydrogens is 302 g/mol. The van der Waals surface area contributed by atoms with Crippen LogP contribution in [-0.4, -0.2) is 22.5 Å². The Morgan fingerprint density at radius 1 is 1.33 bits per heavy atom. The van der Waals surface area contributed by atoms with E-state index in [1.165, 1.54) is 16.8 Å². The summed E-state index contributed by atoms with van der Waals surface area (Å²) in [5.41, 5.74) is 5.94. The van der Waals surface area contributed by atoms with Gasteiger partial charge in [-0.3, -0.25) is 4.68 Å². The molecule has 5 nitrogen and oxygen atoms in total. The molecule has 1 aliphatic rings. The van der Waals surface area contributed by atoms with Gasteiger partial charge in [0.05, 0.1) is 12.3 Å². The van der Waals surface area contributed by atoms with Crippen molar-refractivity contribution in [1.29, 1.82) is 0 Å². The summed E-state index contributed by atoms with van der Waals surface area (Å²) < 4.78 is 13.7. The Morgan fingerprint density at radius 3 is 2.79 bits per heavy atom. The van der Waals surface area contributed by atoms with Crippen LogP contribution in [0.1, 0.15) is 41.9 Å². The molecule has 0 bridgehead atoms. The Hall–Kier alpha value is -2.01. The molecule has 1 aromatic heterocycles. The van der Waals surface area contributed by atoms with E-state index in [-0.39, 0.29) is 6.10 Å². The quantitative estimate of drug-likeness (QED) is 0.885. The van der Waals surface area contributed by atoms with Crippen molar-refractivity contribution < 1.29 is 9.47 Å². The van der Waals surface area contributed by atoms with E-state index in [4.69, 9.17) is 9.47 Å². The van der Waals surface area contributed by atoms with Gasteiger partial charge in [-0.1, -0.05) is 0 Å². The Labute approximate surface area is 144 Å². The monoisotopic (exact) mass is 329 g/mol. The van der Waals surface area contributed by atoms with Crippen LogP contribution in [0.4, 0.5) is 0 Å². The molecule has 1 aromatic carbocycles. The van der Waals surface area contributed by atoms with Crippen LogP contribution < -0.4 is 14.8 Å². The zero-order chi connectivity index (χ0) is 17.3. The lowest BCUT2D eigenvalue weighted by Crippen LogP contribution is -2.15. The minimum Gasteiger partial charge on any atom is -0.494 e. The van der Waals surface area contributed by atoms with Gasteiger partial charge < -0.3 is 14.8 Å². The van der Waals surface area contributed by atoms with E-state index in [2.05, 4.69) is 43.3 Å². The molecule has 24 heavy (non-hydrogen) atoms. The molecule has 1 unspecified atom stereocenters. The minimum atomic E-state index is 0.248. The lowest BCUT2D eigenvalue weighted by Gasteiger charge is -2.13. The maximum absolute atomic E-state index is 5.89. The molecule has 3 rings (SSSR count). The van der Waals surface area contributed by atoms with Gasteiger partial charge in [0.1, 0.15) is 17.6 Å². The minimum absolute atomic E-state index is 0.248. The molecule has 0 amide bonds. The first-order valence-electron chi connectivity index (χ1n) is 8.64. The molecule has 0 aliphatic carbocycles. The van der Waals surface area contributed by atoms with Gasteiger partial charge in [0, 0.05) is 48.9 Å². The molecule has 1 N–H and O–H groups in total. The van der Waals surface area contributed by atoms with Gasteiger partial charge in [-0.25, -0.2) is 0 Å². The van der Waals surface area contributed by atoms with E-state index < -0.39 is 0 Å². The summed E-state index contributed by atoms with van der Waals surface area (Å²) in [4.78, 5) is 0. The molecule has 1 atom stereocenters. The summed E-state index contributed by atoms with van der Waals surface area (Å²) >= 11 is 0. The number of nitrogens with zero attached hydrogens (tertiary/aromatic N) is 2. The highest BCUT2D eigenvalue weighted by Crippen LogP contribution is 2.35. The second kappa shape index (κ2) is 6.85. The molecule has 1 aliphatic heterocycles. The van der Waals surface area contributed by atoms with Gasteiger partial charge in [-0.05, 0) is 39.8 Å². The lowest BCUT2D eigenvalue weighted by molar-refractivity contribution is 0.254. The topological polar surface area (TPSA) is 48.3 Å². The summed E-state index contributed by atoms with van der Waals surface area (Å²) in [5.74, 6) is 1.96. The Balaban J connectivity index is 1.73. The first kappa shape index (κ1) is 16.8. The number of aromatic nitrogens is 2. The van der Waals surface area contributed by atoms with Gasteiger partial charge in [0.15, 0.2) is 0 Å². The maximum atomic E-state index is 5.89. The highest BCUT2D eigenvalue weighted by Gasteiger charge is 2.21. The van der Waals surface area contributed by atoms with E-state index in [0.29, 0.717) is 6.61 Å². The SMILES string of the molecule is CCOc1cc2c(cc1CNCc1c(C)nn(C)c1C)OC(C)C2. The smallest absolute Gasteiger partial charge is 0.124 e. The van der Waals surface area contributed by atoms with Crippen LogP contribution in [0.15, 0.2) is 12.1 Å².